The van der Waals surface area contributed by atoms with Crippen molar-refractivity contribution in [2.45, 2.75) is 0 Å². The summed E-state index contributed by atoms with van der Waals surface area (Å²) in [7, 11) is 1.51. The fourth-order valence-corrected chi connectivity index (χ4v) is 3.43. The Bertz CT molecular complexity index is 1020. The number of ether oxygens (including phenoxy) is 1. The van der Waals surface area contributed by atoms with Gasteiger partial charge in [-0.15, -0.1) is 0 Å². The number of carbonyl (C=O) groups is 4. The monoisotopic (exact) mass is 412 g/mol. The zero-order valence-corrected chi connectivity index (χ0v) is 16.1. The maximum atomic E-state index is 12.6. The molecule has 3 rings (SSSR count). The first kappa shape index (κ1) is 20.2. The van der Waals surface area contributed by atoms with Gasteiger partial charge in [-0.25, -0.2) is 4.79 Å². The third-order valence-electron chi connectivity index (χ3n) is 4.02. The van der Waals surface area contributed by atoms with Crippen LogP contribution in [0.1, 0.15) is 15.9 Å². The molecule has 0 aliphatic carbocycles. The van der Waals surface area contributed by atoms with Gasteiger partial charge in [0.15, 0.2) is 0 Å². The molecule has 0 saturated carbocycles. The second kappa shape index (κ2) is 8.61. The summed E-state index contributed by atoms with van der Waals surface area (Å²) in [6.45, 7) is -0.450. The van der Waals surface area contributed by atoms with Crippen LogP contribution >= 0.6 is 11.8 Å². The van der Waals surface area contributed by atoms with Crippen molar-refractivity contribution in [3.8, 4) is 5.75 Å². The van der Waals surface area contributed by atoms with Crippen LogP contribution in [0.5, 0.6) is 5.75 Å². The van der Waals surface area contributed by atoms with Crippen LogP contribution in [0.15, 0.2) is 53.4 Å². The highest BCUT2D eigenvalue weighted by molar-refractivity contribution is 8.18. The van der Waals surface area contributed by atoms with Crippen molar-refractivity contribution in [3.05, 3.63) is 64.6 Å². The number of methoxy groups -OCH3 is 1. The summed E-state index contributed by atoms with van der Waals surface area (Å²) >= 11 is 0.747. The molecule has 0 atom stereocenters. The average Bonchev–Trinajstić information content (AvgIpc) is 2.96. The van der Waals surface area contributed by atoms with Gasteiger partial charge in [0.1, 0.15) is 12.3 Å². The van der Waals surface area contributed by atoms with Crippen molar-refractivity contribution >= 4 is 46.5 Å². The summed E-state index contributed by atoms with van der Waals surface area (Å²) in [5.74, 6) is -1.67. The largest absolute Gasteiger partial charge is 0.496 e. The number of nitrogens with one attached hydrogen (secondary N) is 1. The molecule has 29 heavy (non-hydrogen) atoms. The first-order valence-electron chi connectivity index (χ1n) is 8.40. The van der Waals surface area contributed by atoms with Gasteiger partial charge in [0.2, 0.25) is 5.91 Å². The fraction of sp³-hybridized carbons (Fsp3) is 0.100. The molecule has 0 aromatic heterocycles. The van der Waals surface area contributed by atoms with E-state index < -0.39 is 29.6 Å². The van der Waals surface area contributed by atoms with Crippen molar-refractivity contribution in [3.63, 3.8) is 0 Å². The normalized spacial score (nSPS) is 14.9. The lowest BCUT2D eigenvalue weighted by Crippen LogP contribution is -2.36. The Morgan fingerprint density at radius 2 is 1.83 bits per heavy atom. The van der Waals surface area contributed by atoms with E-state index in [1.54, 1.807) is 30.3 Å². The van der Waals surface area contributed by atoms with E-state index in [0.29, 0.717) is 17.0 Å². The smallest absolute Gasteiger partial charge is 0.335 e. The summed E-state index contributed by atoms with van der Waals surface area (Å²) < 4.78 is 5.23. The number of hydrogen-bond acceptors (Lipinski definition) is 6. The Kier molecular flexibility index (Phi) is 5.99. The topological polar surface area (TPSA) is 113 Å². The molecule has 8 nitrogen and oxygen atoms in total. The molecule has 2 aromatic rings. The molecule has 9 heteroatoms. The van der Waals surface area contributed by atoms with Gasteiger partial charge >= 0.3 is 5.97 Å². The number of amides is 3. The Labute approximate surface area is 170 Å². The van der Waals surface area contributed by atoms with Crippen LogP contribution in [0.3, 0.4) is 0 Å². The summed E-state index contributed by atoms with van der Waals surface area (Å²) in [6, 6.07) is 12.6. The van der Waals surface area contributed by atoms with Crippen LogP contribution < -0.4 is 10.1 Å². The predicted octanol–water partition coefficient (Wildman–Crippen LogP) is 3.07. The Balaban J connectivity index is 1.69. The minimum Gasteiger partial charge on any atom is -0.496 e. The molecule has 1 aliphatic rings. The number of carboxylic acid groups (broad SMARTS) is 1. The third kappa shape index (κ3) is 4.64. The molecule has 1 fully saturated rings. The lowest BCUT2D eigenvalue weighted by molar-refractivity contribution is -0.127. The van der Waals surface area contributed by atoms with Gasteiger partial charge in [-0.3, -0.25) is 19.3 Å². The van der Waals surface area contributed by atoms with Crippen molar-refractivity contribution < 1.29 is 29.0 Å². The first-order chi connectivity index (χ1) is 13.9. The van der Waals surface area contributed by atoms with E-state index in [-0.39, 0.29) is 10.5 Å². The molecule has 3 amide bonds. The number of benzene rings is 2. The molecule has 0 bridgehead atoms. The molecule has 1 saturated heterocycles. The number of para-hydroxylation sites is 1. The van der Waals surface area contributed by atoms with Crippen LogP contribution in [0, 0.1) is 0 Å². The first-order valence-corrected chi connectivity index (χ1v) is 9.22. The van der Waals surface area contributed by atoms with Gasteiger partial charge in [-0.05, 0) is 48.2 Å². The minimum absolute atomic E-state index is 0.0791. The van der Waals surface area contributed by atoms with Crippen LogP contribution in [0.2, 0.25) is 0 Å². The van der Waals surface area contributed by atoms with E-state index in [2.05, 4.69) is 5.32 Å². The van der Waals surface area contributed by atoms with Crippen LogP contribution in [-0.2, 0) is 9.59 Å². The van der Waals surface area contributed by atoms with Crippen LogP contribution in [0.25, 0.3) is 6.08 Å². The summed E-state index contributed by atoms with van der Waals surface area (Å²) in [4.78, 5) is 48.9. The van der Waals surface area contributed by atoms with Gasteiger partial charge in [0.05, 0.1) is 17.6 Å². The maximum Gasteiger partial charge on any atom is 0.335 e. The van der Waals surface area contributed by atoms with Gasteiger partial charge < -0.3 is 15.2 Å². The van der Waals surface area contributed by atoms with Crippen molar-refractivity contribution in [1.82, 2.24) is 4.90 Å². The average molecular weight is 412 g/mol. The van der Waals surface area contributed by atoms with Crippen LogP contribution in [0.4, 0.5) is 10.5 Å². The molecular formula is C20H16N2O6S. The molecule has 1 heterocycles. The molecule has 148 valence electrons. The van der Waals surface area contributed by atoms with Gasteiger partial charge in [-0.1, -0.05) is 18.2 Å². The van der Waals surface area contributed by atoms with E-state index >= 15 is 0 Å². The second-order valence-electron chi connectivity index (χ2n) is 5.94. The van der Waals surface area contributed by atoms with E-state index in [0.717, 1.165) is 16.7 Å². The molecule has 2 N–H and O–H groups in total. The van der Waals surface area contributed by atoms with Gasteiger partial charge in [0.25, 0.3) is 11.1 Å². The Hall–Kier alpha value is -3.59. The van der Waals surface area contributed by atoms with Crippen molar-refractivity contribution in [2.75, 3.05) is 19.0 Å². The van der Waals surface area contributed by atoms with Crippen molar-refractivity contribution in [1.29, 1.82) is 0 Å². The molecular weight excluding hydrogens is 396 g/mol. The summed E-state index contributed by atoms with van der Waals surface area (Å²) in [5, 5.41) is 10.9. The number of carbonyl (C=O) groups excluding carboxylic acids is 3. The zero-order valence-electron chi connectivity index (χ0n) is 15.2. The third-order valence-corrected chi connectivity index (χ3v) is 4.92. The number of hydrogen-bond donors (Lipinski definition) is 2. The lowest BCUT2D eigenvalue weighted by atomic mass is 10.2. The number of imide groups is 1. The molecule has 0 unspecified atom stereocenters. The number of nitrogens with zero attached hydrogens (tertiary/aromatic N) is 1. The number of carboxylic acids is 1. The van der Waals surface area contributed by atoms with Crippen LogP contribution in [-0.4, -0.2) is 46.7 Å². The number of aromatic carboxylic acids is 1. The molecule has 2 aromatic carbocycles. The molecule has 0 radical (unpaired) electrons. The predicted molar refractivity (Wildman–Crippen MR) is 108 cm³/mol. The number of anilines is 1. The van der Waals surface area contributed by atoms with E-state index in [1.165, 1.54) is 31.4 Å². The van der Waals surface area contributed by atoms with Gasteiger partial charge in [-0.2, -0.15) is 0 Å². The SMILES string of the molecule is COc1ccccc1/C=C1\SC(=O)N(CC(=O)Nc2ccc(C(=O)O)cc2)C1=O. The van der Waals surface area contributed by atoms with Gasteiger partial charge in [0, 0.05) is 11.3 Å². The highest BCUT2D eigenvalue weighted by Crippen LogP contribution is 2.33. The number of thioether (sulfide) groups is 1. The van der Waals surface area contributed by atoms with Crippen molar-refractivity contribution in [2.24, 2.45) is 0 Å². The van der Waals surface area contributed by atoms with E-state index in [4.69, 9.17) is 9.84 Å². The van der Waals surface area contributed by atoms with E-state index in [1.807, 2.05) is 0 Å². The maximum absolute atomic E-state index is 12.6. The summed E-state index contributed by atoms with van der Waals surface area (Å²) in [5.41, 5.74) is 1.08. The minimum atomic E-state index is -1.08. The Morgan fingerprint density at radius 1 is 1.14 bits per heavy atom. The lowest BCUT2D eigenvalue weighted by Gasteiger charge is -2.12. The van der Waals surface area contributed by atoms with E-state index in [9.17, 15) is 19.2 Å². The number of rotatable bonds is 6. The molecule has 1 aliphatic heterocycles. The quantitative estimate of drug-likeness (QED) is 0.701. The summed E-state index contributed by atoms with van der Waals surface area (Å²) in [6.07, 6.45) is 1.55. The standard InChI is InChI=1S/C20H16N2O6S/c1-28-15-5-3-2-4-13(15)10-16-18(24)22(20(27)29-16)11-17(23)21-14-8-6-12(7-9-14)19(25)26/h2-10H,11H2,1H3,(H,21,23)(H,25,26)/b16-10-. The fourth-order valence-electron chi connectivity index (χ4n) is 2.60. The Morgan fingerprint density at radius 3 is 2.48 bits per heavy atom. The zero-order chi connectivity index (χ0) is 21.0. The second-order valence-corrected chi connectivity index (χ2v) is 6.93. The highest BCUT2D eigenvalue weighted by Gasteiger charge is 2.36. The highest BCUT2D eigenvalue weighted by atomic mass is 32.2. The molecule has 0 spiro atoms.